The molecule has 64 heavy (non-hydrogen) atoms. The van der Waals surface area contributed by atoms with Crippen LogP contribution in [-0.2, 0) is 40.6 Å². The van der Waals surface area contributed by atoms with E-state index in [0.717, 1.165) is 56.3 Å². The van der Waals surface area contributed by atoms with E-state index < -0.39 is 17.9 Å². The average Bonchev–Trinajstić information content (AvgIpc) is 3.21. The van der Waals surface area contributed by atoms with Crippen molar-refractivity contribution in [2.75, 3.05) is 6.61 Å². The van der Waals surface area contributed by atoms with Crippen molar-refractivity contribution in [3.63, 3.8) is 0 Å². The van der Waals surface area contributed by atoms with Gasteiger partial charge in [-0.3, -0.25) is 14.4 Å². The maximum Gasteiger partial charge on any atom is 0.303 e. The number of unbranched alkanes of at least 4 members (excludes halogenated alkanes) is 33. The Bertz CT molecular complexity index is 770. The van der Waals surface area contributed by atoms with Gasteiger partial charge in [-0.25, -0.2) is 0 Å². The number of rotatable bonds is 45. The first kappa shape index (κ1) is 72.2. The number of carboxylic acids is 3. The number of aliphatic carboxylic acids is 3. The molecule has 0 aromatic carbocycles. The summed E-state index contributed by atoms with van der Waals surface area (Å²) in [6, 6.07) is 0. The van der Waals surface area contributed by atoms with Gasteiger partial charge < -0.3 is 20.4 Å². The Morgan fingerprint density at radius 1 is 0.281 bits per heavy atom. The normalized spacial score (nSPS) is 10.7. The number of carbonyl (C=O) groups is 3. The zero-order valence-electron chi connectivity index (χ0n) is 44.2. The summed E-state index contributed by atoms with van der Waals surface area (Å²) in [5.41, 5.74) is 0. The Morgan fingerprint density at radius 2 is 0.391 bits per heavy atom. The largest absolute Gasteiger partial charge is 0.481 e. The van der Waals surface area contributed by atoms with Crippen molar-refractivity contribution in [3.8, 4) is 0 Å². The van der Waals surface area contributed by atoms with Crippen molar-refractivity contribution in [2.45, 2.75) is 318 Å². The van der Waals surface area contributed by atoms with E-state index in [1.807, 2.05) is 0 Å². The van der Waals surface area contributed by atoms with Crippen LogP contribution in [-0.4, -0.2) is 44.9 Å². The summed E-state index contributed by atoms with van der Waals surface area (Å²) in [4.78, 5) is 31.0. The Labute approximate surface area is 419 Å². The van der Waals surface area contributed by atoms with Crippen LogP contribution in [0, 0.1) is 17.8 Å². The van der Waals surface area contributed by atoms with Crippen LogP contribution in [0.15, 0.2) is 0 Å². The molecule has 0 saturated heterocycles. The van der Waals surface area contributed by atoms with Crippen LogP contribution in [0.3, 0.4) is 0 Å². The summed E-state index contributed by atoms with van der Waals surface area (Å²) in [6.07, 6.45) is 52.0. The van der Waals surface area contributed by atoms with Crippen molar-refractivity contribution in [2.24, 2.45) is 17.8 Å². The Balaban J connectivity index is -0.000000261. The molecule has 0 aromatic heterocycles. The smallest absolute Gasteiger partial charge is 0.303 e. The van der Waals surface area contributed by atoms with Gasteiger partial charge in [0.2, 0.25) is 0 Å². The fraction of sp³-hybridized carbons (Fsp3) is 0.946. The first-order chi connectivity index (χ1) is 30.3. The van der Waals surface area contributed by atoms with E-state index in [4.69, 9.17) is 20.4 Å². The van der Waals surface area contributed by atoms with Crippen LogP contribution in [0.4, 0.5) is 0 Å². The Morgan fingerprint density at radius 3 is 0.500 bits per heavy atom. The molecule has 0 aromatic rings. The number of hydrogen-bond acceptors (Lipinski definition) is 4. The molecule has 7 nitrogen and oxygen atoms in total. The van der Waals surface area contributed by atoms with E-state index in [2.05, 4.69) is 41.5 Å². The molecular weight excluding hydrogens is 876 g/mol. The topological polar surface area (TPSA) is 132 Å². The van der Waals surface area contributed by atoms with Gasteiger partial charge in [0.1, 0.15) is 0 Å². The van der Waals surface area contributed by atoms with Crippen LogP contribution >= 0.6 is 0 Å². The molecule has 0 saturated carbocycles. The Kier molecular flexibility index (Phi) is 72.6. The molecule has 384 valence electrons. The van der Waals surface area contributed by atoms with E-state index in [-0.39, 0.29) is 32.8 Å². The quantitative estimate of drug-likeness (QED) is 0.0447. The van der Waals surface area contributed by atoms with E-state index >= 15 is 0 Å². The molecule has 0 rings (SSSR count). The Hall–Kier alpha value is -0.747. The molecule has 0 aliphatic rings. The molecule has 8 heteroatoms. The first-order valence-electron chi connectivity index (χ1n) is 27.6. The van der Waals surface area contributed by atoms with Crippen molar-refractivity contribution in [3.05, 3.63) is 0 Å². The van der Waals surface area contributed by atoms with Gasteiger partial charge in [0.15, 0.2) is 0 Å². The molecule has 0 bridgehead atoms. The van der Waals surface area contributed by atoms with E-state index in [9.17, 15) is 14.4 Å². The minimum absolute atomic E-state index is 0. The van der Waals surface area contributed by atoms with Crippen molar-refractivity contribution >= 4 is 17.9 Å². The zero-order valence-corrected chi connectivity index (χ0v) is 46.6. The third-order valence-corrected chi connectivity index (χ3v) is 11.8. The molecule has 0 radical (unpaired) electrons. The number of aliphatic hydroxyl groups excluding tert-OH is 1. The van der Waals surface area contributed by atoms with Gasteiger partial charge in [0.25, 0.3) is 0 Å². The van der Waals surface area contributed by atoms with E-state index in [0.29, 0.717) is 19.3 Å². The third-order valence-electron chi connectivity index (χ3n) is 11.8. The third kappa shape index (κ3) is 88.1. The summed E-state index contributed by atoms with van der Waals surface area (Å²) in [6.45, 7) is 15.8. The summed E-state index contributed by atoms with van der Waals surface area (Å²) in [5.74, 6) is 0.636. The van der Waals surface area contributed by atoms with Crippen LogP contribution in [0.2, 0.25) is 0 Å². The molecule has 0 amide bonds. The van der Waals surface area contributed by atoms with Crippen molar-refractivity contribution < 1.29 is 61.0 Å². The standard InChI is InChI=1S/3C18H36O2.C2H6O.Zr/c3*1-17(2)15-13-11-9-7-5-3-4-6-8-10-12-14-16-18(19)20;1-2-3;/h3*17H,3-16H2,1-2H3,(H,19,20);3H,2H2,1H3;. The summed E-state index contributed by atoms with van der Waals surface area (Å²) < 4.78 is 0. The predicted molar refractivity (Wildman–Crippen MR) is 274 cm³/mol. The van der Waals surface area contributed by atoms with Gasteiger partial charge in [-0.15, -0.1) is 0 Å². The zero-order chi connectivity index (χ0) is 47.9. The first-order valence-corrected chi connectivity index (χ1v) is 27.6. The second-order valence-electron chi connectivity index (χ2n) is 20.0. The number of aliphatic hydroxyl groups is 1. The summed E-state index contributed by atoms with van der Waals surface area (Å²) in [5, 5.41) is 33.1. The number of hydrogen-bond donors (Lipinski definition) is 4. The van der Waals surface area contributed by atoms with Crippen LogP contribution in [0.5, 0.6) is 0 Å². The van der Waals surface area contributed by atoms with Crippen LogP contribution < -0.4 is 0 Å². The molecule has 0 fully saturated rings. The molecule has 0 aliphatic heterocycles. The van der Waals surface area contributed by atoms with Gasteiger partial charge in [-0.2, -0.15) is 0 Å². The molecule has 4 N–H and O–H groups in total. The van der Waals surface area contributed by atoms with Gasteiger partial charge in [-0.1, -0.05) is 273 Å². The summed E-state index contributed by atoms with van der Waals surface area (Å²) >= 11 is 0. The van der Waals surface area contributed by atoms with Crippen LogP contribution in [0.25, 0.3) is 0 Å². The van der Waals surface area contributed by atoms with Crippen molar-refractivity contribution in [1.82, 2.24) is 0 Å². The molecule has 0 spiro atoms. The van der Waals surface area contributed by atoms with Gasteiger partial charge >= 0.3 is 17.9 Å². The maximum absolute atomic E-state index is 10.3. The van der Waals surface area contributed by atoms with Crippen molar-refractivity contribution in [1.29, 1.82) is 0 Å². The molecule has 0 unspecified atom stereocenters. The second-order valence-corrected chi connectivity index (χ2v) is 20.0. The van der Waals surface area contributed by atoms with E-state index in [1.165, 1.54) is 212 Å². The second kappa shape index (κ2) is 64.3. The SMILES string of the molecule is CC(C)CCCCCCCCCCCCCCC(=O)O.CC(C)CCCCCCCCCCCCCCC(=O)O.CC(C)CCCCCCCCCCCCCCC(=O)O.CCO.[Zr]. The van der Waals surface area contributed by atoms with Crippen LogP contribution in [0.1, 0.15) is 318 Å². The fourth-order valence-corrected chi connectivity index (χ4v) is 7.79. The fourth-order valence-electron chi connectivity index (χ4n) is 7.79. The minimum Gasteiger partial charge on any atom is -0.481 e. The molecule has 0 atom stereocenters. The minimum atomic E-state index is -0.654. The number of carboxylic acid groups (broad SMARTS) is 3. The van der Waals surface area contributed by atoms with Gasteiger partial charge in [-0.05, 0) is 43.9 Å². The molecular formula is C56H114O7Zr. The monoisotopic (exact) mass is 989 g/mol. The van der Waals surface area contributed by atoms with Gasteiger partial charge in [0, 0.05) is 52.1 Å². The maximum atomic E-state index is 10.3. The van der Waals surface area contributed by atoms with E-state index in [1.54, 1.807) is 6.92 Å². The average molecular weight is 991 g/mol. The summed E-state index contributed by atoms with van der Waals surface area (Å²) in [7, 11) is 0. The molecule has 0 aliphatic carbocycles. The predicted octanol–water partition coefficient (Wildman–Crippen LogP) is 18.6. The molecule has 0 heterocycles. The van der Waals surface area contributed by atoms with Gasteiger partial charge in [0.05, 0.1) is 0 Å².